The number of rotatable bonds is 7. The smallest absolute Gasteiger partial charge is 0.240 e. The Labute approximate surface area is 125 Å². The number of likely N-dealkylation sites (N-methyl/N-ethyl adjacent to an activating group) is 1. The van der Waals surface area contributed by atoms with E-state index in [0.29, 0.717) is 38.4 Å². The largest absolute Gasteiger partial charge is 0.492 e. The predicted molar refractivity (Wildman–Crippen MR) is 80.0 cm³/mol. The van der Waals surface area contributed by atoms with Gasteiger partial charge in [0.05, 0.1) is 4.90 Å². The number of nitrogens with one attached hydrogen (secondary N) is 2. The Hall–Kier alpha value is -1.15. The first-order chi connectivity index (χ1) is 10.1. The summed E-state index contributed by atoms with van der Waals surface area (Å²) in [5.41, 5.74) is 0. The Balaban J connectivity index is 1.95. The molecule has 0 aliphatic carbocycles. The van der Waals surface area contributed by atoms with Gasteiger partial charge in [0, 0.05) is 25.8 Å². The van der Waals surface area contributed by atoms with E-state index in [1.165, 1.54) is 0 Å². The van der Waals surface area contributed by atoms with Crippen molar-refractivity contribution < 1.29 is 17.9 Å². The average molecular weight is 314 g/mol. The van der Waals surface area contributed by atoms with Crippen molar-refractivity contribution in [3.63, 3.8) is 0 Å². The molecule has 0 saturated carbocycles. The zero-order valence-electron chi connectivity index (χ0n) is 12.2. The topological polar surface area (TPSA) is 76.7 Å². The summed E-state index contributed by atoms with van der Waals surface area (Å²) in [6.07, 6.45) is 1.43. The molecule has 6 nitrogen and oxygen atoms in total. The molecule has 2 rings (SSSR count). The number of sulfonamides is 1. The third-order valence-corrected chi connectivity index (χ3v) is 4.83. The highest BCUT2D eigenvalue weighted by Gasteiger charge is 2.21. The van der Waals surface area contributed by atoms with Crippen LogP contribution in [0.3, 0.4) is 0 Å². The van der Waals surface area contributed by atoms with E-state index in [0.717, 1.165) is 6.54 Å². The van der Waals surface area contributed by atoms with Gasteiger partial charge in [-0.2, -0.15) is 0 Å². The molecule has 7 heteroatoms. The Morgan fingerprint density at radius 1 is 1.24 bits per heavy atom. The van der Waals surface area contributed by atoms with Crippen molar-refractivity contribution in [1.82, 2.24) is 10.0 Å². The summed E-state index contributed by atoms with van der Waals surface area (Å²) in [5, 5.41) is 2.98. The van der Waals surface area contributed by atoms with Crippen LogP contribution >= 0.6 is 0 Å². The Morgan fingerprint density at radius 3 is 2.52 bits per heavy atom. The third kappa shape index (κ3) is 4.96. The van der Waals surface area contributed by atoms with Crippen molar-refractivity contribution in [1.29, 1.82) is 0 Å². The summed E-state index contributed by atoms with van der Waals surface area (Å²) in [4.78, 5) is 0.259. The Bertz CT molecular complexity index is 524. The molecule has 1 aliphatic rings. The van der Waals surface area contributed by atoms with Crippen molar-refractivity contribution in [3.8, 4) is 5.75 Å². The molecule has 1 aliphatic heterocycles. The number of hydrogen-bond donors (Lipinski definition) is 2. The molecule has 0 aromatic heterocycles. The van der Waals surface area contributed by atoms with Gasteiger partial charge in [0.1, 0.15) is 12.4 Å². The fourth-order valence-electron chi connectivity index (χ4n) is 2.09. The van der Waals surface area contributed by atoms with Crippen molar-refractivity contribution in [2.45, 2.75) is 23.8 Å². The highest BCUT2D eigenvalue weighted by Crippen LogP contribution is 2.17. The molecule has 0 spiro atoms. The lowest BCUT2D eigenvalue weighted by atomic mass is 10.1. The number of benzene rings is 1. The lowest BCUT2D eigenvalue weighted by Crippen LogP contribution is -2.38. The van der Waals surface area contributed by atoms with Crippen molar-refractivity contribution >= 4 is 10.0 Å². The van der Waals surface area contributed by atoms with Gasteiger partial charge >= 0.3 is 0 Å². The van der Waals surface area contributed by atoms with Crippen molar-refractivity contribution in [2.75, 3.05) is 33.4 Å². The first-order valence-corrected chi connectivity index (χ1v) is 8.57. The zero-order valence-corrected chi connectivity index (χ0v) is 13.0. The molecule has 1 aromatic rings. The van der Waals surface area contributed by atoms with Crippen molar-refractivity contribution in [2.24, 2.45) is 0 Å². The van der Waals surface area contributed by atoms with Crippen LogP contribution in [-0.4, -0.2) is 47.9 Å². The van der Waals surface area contributed by atoms with Gasteiger partial charge in [0.25, 0.3) is 0 Å². The highest BCUT2D eigenvalue weighted by atomic mass is 32.2. The monoisotopic (exact) mass is 314 g/mol. The minimum Gasteiger partial charge on any atom is -0.492 e. The second kappa shape index (κ2) is 7.74. The fraction of sp³-hybridized carbons (Fsp3) is 0.571. The lowest BCUT2D eigenvalue weighted by molar-refractivity contribution is 0.0832. The molecular formula is C14H22N2O4S. The summed E-state index contributed by atoms with van der Waals surface area (Å²) < 4.78 is 38.0. The average Bonchev–Trinajstić information content (AvgIpc) is 2.49. The quantitative estimate of drug-likeness (QED) is 0.726. The zero-order chi connectivity index (χ0) is 15.1. The summed E-state index contributed by atoms with van der Waals surface area (Å²) in [6.45, 7) is 2.49. The molecule has 0 unspecified atom stereocenters. The van der Waals surface area contributed by atoms with Crippen LogP contribution in [0, 0.1) is 0 Å². The molecule has 1 aromatic carbocycles. The molecule has 118 valence electrons. The normalized spacial score (nSPS) is 16.8. The summed E-state index contributed by atoms with van der Waals surface area (Å²) >= 11 is 0. The van der Waals surface area contributed by atoms with Gasteiger partial charge in [-0.05, 0) is 44.2 Å². The molecule has 0 bridgehead atoms. The number of ether oxygens (including phenoxy) is 2. The maximum absolute atomic E-state index is 12.3. The highest BCUT2D eigenvalue weighted by molar-refractivity contribution is 7.89. The van der Waals surface area contributed by atoms with Crippen LogP contribution in [0.5, 0.6) is 5.75 Å². The van der Waals surface area contributed by atoms with Crippen LogP contribution in [0.15, 0.2) is 29.2 Å². The van der Waals surface area contributed by atoms with Gasteiger partial charge in [-0.3, -0.25) is 0 Å². The van der Waals surface area contributed by atoms with E-state index in [1.807, 2.05) is 7.05 Å². The molecule has 0 atom stereocenters. The Kier molecular flexibility index (Phi) is 5.98. The fourth-order valence-corrected chi connectivity index (χ4v) is 3.39. The van der Waals surface area contributed by atoms with Gasteiger partial charge in [-0.15, -0.1) is 0 Å². The molecule has 0 amide bonds. The number of hydrogen-bond acceptors (Lipinski definition) is 5. The van der Waals surface area contributed by atoms with Gasteiger partial charge in [-0.1, -0.05) is 0 Å². The van der Waals surface area contributed by atoms with Crippen LogP contribution < -0.4 is 14.8 Å². The van der Waals surface area contributed by atoms with Crippen LogP contribution in [0.25, 0.3) is 0 Å². The lowest BCUT2D eigenvalue weighted by Gasteiger charge is -2.23. The molecule has 21 heavy (non-hydrogen) atoms. The minimum absolute atomic E-state index is 0.0460. The Morgan fingerprint density at radius 2 is 1.90 bits per heavy atom. The summed E-state index contributed by atoms with van der Waals surface area (Å²) in [5.74, 6) is 0.662. The minimum atomic E-state index is -3.48. The maximum atomic E-state index is 12.3. The van der Waals surface area contributed by atoms with E-state index in [2.05, 4.69) is 10.0 Å². The van der Waals surface area contributed by atoms with Gasteiger partial charge in [0.15, 0.2) is 0 Å². The van der Waals surface area contributed by atoms with E-state index in [1.54, 1.807) is 24.3 Å². The van der Waals surface area contributed by atoms with E-state index in [-0.39, 0.29) is 10.9 Å². The van der Waals surface area contributed by atoms with Gasteiger partial charge < -0.3 is 14.8 Å². The second-order valence-electron chi connectivity index (χ2n) is 4.93. The van der Waals surface area contributed by atoms with E-state index >= 15 is 0 Å². The third-order valence-electron chi connectivity index (χ3n) is 3.30. The first-order valence-electron chi connectivity index (χ1n) is 7.09. The molecular weight excluding hydrogens is 292 g/mol. The predicted octanol–water partition coefficient (Wildman–Crippen LogP) is 0.742. The summed E-state index contributed by atoms with van der Waals surface area (Å²) in [6, 6.07) is 6.44. The SMILES string of the molecule is CNCCOc1ccc(S(=O)(=O)NC2CCOCC2)cc1. The van der Waals surface area contributed by atoms with Gasteiger partial charge in [0.2, 0.25) is 10.0 Å². The van der Waals surface area contributed by atoms with Gasteiger partial charge in [-0.25, -0.2) is 13.1 Å². The van der Waals surface area contributed by atoms with Crippen LogP contribution in [0.4, 0.5) is 0 Å². The molecule has 2 N–H and O–H groups in total. The first kappa shape index (κ1) is 16.2. The van der Waals surface area contributed by atoms with Crippen molar-refractivity contribution in [3.05, 3.63) is 24.3 Å². The molecule has 0 radical (unpaired) electrons. The van der Waals surface area contributed by atoms with E-state index in [9.17, 15) is 8.42 Å². The van der Waals surface area contributed by atoms with Crippen LogP contribution in [0.2, 0.25) is 0 Å². The molecule has 1 saturated heterocycles. The standard InChI is InChI=1S/C14H22N2O4S/c1-15-8-11-20-13-2-4-14(5-3-13)21(17,18)16-12-6-9-19-10-7-12/h2-5,12,15-16H,6-11H2,1H3. The van der Waals surface area contributed by atoms with E-state index in [4.69, 9.17) is 9.47 Å². The summed E-state index contributed by atoms with van der Waals surface area (Å²) in [7, 11) is -1.63. The molecule has 1 heterocycles. The molecule has 1 fully saturated rings. The van der Waals surface area contributed by atoms with Crippen LogP contribution in [-0.2, 0) is 14.8 Å². The second-order valence-corrected chi connectivity index (χ2v) is 6.65. The maximum Gasteiger partial charge on any atom is 0.240 e. The van der Waals surface area contributed by atoms with E-state index < -0.39 is 10.0 Å². The van der Waals surface area contributed by atoms with Crippen LogP contribution in [0.1, 0.15) is 12.8 Å².